The van der Waals surface area contributed by atoms with Crippen molar-refractivity contribution in [3.05, 3.63) is 59.3 Å². The van der Waals surface area contributed by atoms with Gasteiger partial charge in [-0.15, -0.1) is 0 Å². The highest BCUT2D eigenvalue weighted by Gasteiger charge is 2.20. The van der Waals surface area contributed by atoms with Crippen LogP contribution in [0.25, 0.3) is 0 Å². The second-order valence-electron chi connectivity index (χ2n) is 4.21. The van der Waals surface area contributed by atoms with Crippen molar-refractivity contribution in [2.75, 3.05) is 6.54 Å². The summed E-state index contributed by atoms with van der Waals surface area (Å²) in [5.74, 6) is -3.76. The molecule has 0 saturated heterocycles. The molecular weight excluding hydrogens is 255 g/mol. The molecule has 1 N–H and O–H groups in total. The molecule has 2 aromatic rings. The van der Waals surface area contributed by atoms with Gasteiger partial charge in [0.25, 0.3) is 0 Å². The summed E-state index contributed by atoms with van der Waals surface area (Å²) in [6.07, 6.45) is 3.49. The molecule has 0 fully saturated rings. The lowest BCUT2D eigenvalue weighted by Gasteiger charge is -2.18. The first-order valence-corrected chi connectivity index (χ1v) is 6.01. The van der Waals surface area contributed by atoms with E-state index in [1.54, 1.807) is 12.3 Å². The van der Waals surface area contributed by atoms with Gasteiger partial charge in [0.05, 0.1) is 12.5 Å². The van der Waals surface area contributed by atoms with E-state index in [9.17, 15) is 13.2 Å². The first kappa shape index (κ1) is 13.7. The maximum atomic E-state index is 13.8. The summed E-state index contributed by atoms with van der Waals surface area (Å²) in [5, 5.41) is 3.05. The number of benzene rings is 1. The smallest absolute Gasteiger partial charge is 0.194 e. The fraction of sp³-hybridized carbons (Fsp3) is 0.286. The van der Waals surface area contributed by atoms with Gasteiger partial charge in [0.2, 0.25) is 0 Å². The topological polar surface area (TPSA) is 25.2 Å². The fourth-order valence-corrected chi connectivity index (χ4v) is 1.99. The number of hydrogen-bond acceptors (Lipinski definition) is 2. The summed E-state index contributed by atoms with van der Waals surface area (Å²) in [5.41, 5.74) is 0.969. The van der Waals surface area contributed by atoms with Crippen LogP contribution in [-0.2, 0) is 6.42 Å². The van der Waals surface area contributed by atoms with E-state index < -0.39 is 23.5 Å². The molecule has 0 bridgehead atoms. The van der Waals surface area contributed by atoms with Crippen LogP contribution in [-0.4, -0.2) is 6.54 Å². The molecule has 0 aliphatic heterocycles. The van der Waals surface area contributed by atoms with Gasteiger partial charge < -0.3 is 9.73 Å². The molecule has 1 aromatic carbocycles. The number of rotatable bonds is 5. The van der Waals surface area contributed by atoms with Crippen LogP contribution >= 0.6 is 0 Å². The van der Waals surface area contributed by atoms with Crippen LogP contribution < -0.4 is 5.32 Å². The van der Waals surface area contributed by atoms with Gasteiger partial charge in [-0.1, -0.05) is 13.0 Å². The van der Waals surface area contributed by atoms with Crippen LogP contribution in [0, 0.1) is 17.5 Å². The average molecular weight is 269 g/mol. The van der Waals surface area contributed by atoms with Gasteiger partial charge in [-0.3, -0.25) is 0 Å². The minimum Gasteiger partial charge on any atom is -0.472 e. The lowest BCUT2D eigenvalue weighted by molar-refractivity contribution is 0.424. The van der Waals surface area contributed by atoms with Crippen molar-refractivity contribution in [2.45, 2.75) is 19.4 Å². The SMILES string of the molecule is CCNC(Cc1ccoc1)c1ccc(F)c(F)c1F. The van der Waals surface area contributed by atoms with Crippen molar-refractivity contribution in [3.63, 3.8) is 0 Å². The summed E-state index contributed by atoms with van der Waals surface area (Å²) >= 11 is 0. The summed E-state index contributed by atoms with van der Waals surface area (Å²) in [7, 11) is 0. The van der Waals surface area contributed by atoms with E-state index in [0.717, 1.165) is 11.6 Å². The quantitative estimate of drug-likeness (QED) is 0.839. The molecule has 2 nitrogen and oxygen atoms in total. The van der Waals surface area contributed by atoms with E-state index in [0.29, 0.717) is 13.0 Å². The Morgan fingerprint density at radius 1 is 1.16 bits per heavy atom. The van der Waals surface area contributed by atoms with Crippen LogP contribution in [0.2, 0.25) is 0 Å². The van der Waals surface area contributed by atoms with Crippen LogP contribution in [0.3, 0.4) is 0 Å². The third-order valence-electron chi connectivity index (χ3n) is 2.91. The molecule has 1 heterocycles. The standard InChI is InChI=1S/C14H14F3NO/c1-2-18-12(7-9-5-6-19-8-9)10-3-4-11(15)14(17)13(10)16/h3-6,8,12,18H,2,7H2,1H3. The zero-order valence-electron chi connectivity index (χ0n) is 10.4. The zero-order valence-corrected chi connectivity index (χ0v) is 10.4. The Kier molecular flexibility index (Phi) is 4.27. The van der Waals surface area contributed by atoms with E-state index in [-0.39, 0.29) is 5.56 Å². The van der Waals surface area contributed by atoms with Gasteiger partial charge in [0, 0.05) is 11.6 Å². The Bertz CT molecular complexity index is 540. The summed E-state index contributed by atoms with van der Waals surface area (Å²) < 4.78 is 44.9. The molecule has 0 radical (unpaired) electrons. The largest absolute Gasteiger partial charge is 0.472 e. The Morgan fingerprint density at radius 2 is 1.95 bits per heavy atom. The summed E-state index contributed by atoms with van der Waals surface area (Å²) in [6.45, 7) is 2.45. The van der Waals surface area contributed by atoms with Gasteiger partial charge in [0.15, 0.2) is 17.5 Å². The third-order valence-corrected chi connectivity index (χ3v) is 2.91. The van der Waals surface area contributed by atoms with Gasteiger partial charge in [-0.25, -0.2) is 13.2 Å². The summed E-state index contributed by atoms with van der Waals surface area (Å²) in [4.78, 5) is 0. The number of nitrogens with one attached hydrogen (secondary N) is 1. The molecule has 5 heteroatoms. The number of halogens is 3. The molecule has 1 unspecified atom stereocenters. The van der Waals surface area contributed by atoms with Crippen LogP contribution in [0.15, 0.2) is 35.1 Å². The van der Waals surface area contributed by atoms with Gasteiger partial charge >= 0.3 is 0 Å². The van der Waals surface area contributed by atoms with E-state index in [2.05, 4.69) is 5.32 Å². The molecule has 0 amide bonds. The monoisotopic (exact) mass is 269 g/mol. The fourth-order valence-electron chi connectivity index (χ4n) is 1.99. The van der Waals surface area contributed by atoms with Gasteiger partial charge in [-0.2, -0.15) is 0 Å². The Balaban J connectivity index is 2.31. The van der Waals surface area contributed by atoms with Crippen LogP contribution in [0.4, 0.5) is 13.2 Å². The first-order valence-electron chi connectivity index (χ1n) is 6.01. The molecule has 1 atom stereocenters. The molecule has 102 valence electrons. The van der Waals surface area contributed by atoms with E-state index in [1.807, 2.05) is 6.92 Å². The Hall–Kier alpha value is -1.75. The molecule has 1 aromatic heterocycles. The second-order valence-corrected chi connectivity index (χ2v) is 4.21. The zero-order chi connectivity index (χ0) is 13.8. The summed E-state index contributed by atoms with van der Waals surface area (Å²) in [6, 6.07) is 3.52. The molecule has 2 rings (SSSR count). The van der Waals surface area contributed by atoms with Crippen molar-refractivity contribution >= 4 is 0 Å². The lowest BCUT2D eigenvalue weighted by atomic mass is 9.99. The van der Waals surface area contributed by atoms with Crippen molar-refractivity contribution < 1.29 is 17.6 Å². The van der Waals surface area contributed by atoms with E-state index in [1.165, 1.54) is 12.3 Å². The Labute approximate surface area is 109 Å². The molecule has 0 spiro atoms. The number of likely N-dealkylation sites (N-methyl/N-ethyl adjacent to an activating group) is 1. The van der Waals surface area contributed by atoms with Gasteiger partial charge in [-0.05, 0) is 30.7 Å². The van der Waals surface area contributed by atoms with E-state index >= 15 is 0 Å². The molecule has 0 aliphatic rings. The molecule has 0 saturated carbocycles. The predicted octanol–water partition coefficient (Wildman–Crippen LogP) is 3.59. The minimum absolute atomic E-state index is 0.113. The van der Waals surface area contributed by atoms with Crippen molar-refractivity contribution in [1.29, 1.82) is 0 Å². The molecular formula is C14H14F3NO. The van der Waals surface area contributed by atoms with Crippen LogP contribution in [0.1, 0.15) is 24.1 Å². The number of furan rings is 1. The predicted molar refractivity (Wildman–Crippen MR) is 65.1 cm³/mol. The molecule has 0 aliphatic carbocycles. The van der Waals surface area contributed by atoms with Crippen molar-refractivity contribution in [3.8, 4) is 0 Å². The normalized spacial score (nSPS) is 12.6. The van der Waals surface area contributed by atoms with Crippen molar-refractivity contribution in [1.82, 2.24) is 5.32 Å². The van der Waals surface area contributed by atoms with Gasteiger partial charge in [0.1, 0.15) is 0 Å². The highest BCUT2D eigenvalue weighted by molar-refractivity contribution is 5.25. The third kappa shape index (κ3) is 2.98. The highest BCUT2D eigenvalue weighted by atomic mass is 19.2. The molecule has 19 heavy (non-hydrogen) atoms. The minimum atomic E-state index is -1.44. The van der Waals surface area contributed by atoms with Crippen LogP contribution in [0.5, 0.6) is 0 Å². The average Bonchev–Trinajstić information content (AvgIpc) is 2.89. The second kappa shape index (κ2) is 5.93. The van der Waals surface area contributed by atoms with Crippen molar-refractivity contribution in [2.24, 2.45) is 0 Å². The lowest BCUT2D eigenvalue weighted by Crippen LogP contribution is -2.24. The van der Waals surface area contributed by atoms with E-state index in [4.69, 9.17) is 4.42 Å². The maximum Gasteiger partial charge on any atom is 0.194 e. The first-order chi connectivity index (χ1) is 9.13. The highest BCUT2D eigenvalue weighted by Crippen LogP contribution is 2.24. The maximum absolute atomic E-state index is 13.8. The Morgan fingerprint density at radius 3 is 2.58 bits per heavy atom. The number of hydrogen-bond donors (Lipinski definition) is 1.